The number of ether oxygens (including phenoxy) is 2. The number of rotatable bonds is 9. The second-order valence-electron chi connectivity index (χ2n) is 7.02. The van der Waals surface area contributed by atoms with E-state index in [4.69, 9.17) is 9.47 Å². The molecule has 164 valence electrons. The average molecular weight is 426 g/mol. The minimum absolute atomic E-state index is 0.0214. The Hall–Kier alpha value is -3.75. The van der Waals surface area contributed by atoms with E-state index in [1.165, 1.54) is 14.2 Å². The van der Waals surface area contributed by atoms with Gasteiger partial charge in [-0.25, -0.2) is 4.79 Å². The van der Waals surface area contributed by atoms with Crippen molar-refractivity contribution in [2.24, 2.45) is 5.92 Å². The molecule has 0 spiro atoms. The molecule has 2 aromatic rings. The molecule has 31 heavy (non-hydrogen) atoms. The molecular formula is C22H26N4O5. The van der Waals surface area contributed by atoms with Gasteiger partial charge in [0.15, 0.2) is 11.5 Å². The van der Waals surface area contributed by atoms with E-state index in [0.29, 0.717) is 28.4 Å². The fourth-order valence-corrected chi connectivity index (χ4v) is 2.90. The van der Waals surface area contributed by atoms with Crippen molar-refractivity contribution in [1.82, 2.24) is 10.6 Å². The Morgan fingerprint density at radius 3 is 2.26 bits per heavy atom. The van der Waals surface area contributed by atoms with Crippen LogP contribution in [0.15, 0.2) is 42.5 Å². The third-order valence-corrected chi connectivity index (χ3v) is 4.71. The van der Waals surface area contributed by atoms with Crippen LogP contribution in [0.5, 0.6) is 11.5 Å². The molecule has 1 saturated carbocycles. The number of anilines is 2. The molecule has 9 nitrogen and oxygen atoms in total. The Bertz CT molecular complexity index is 941. The molecule has 0 bridgehead atoms. The second-order valence-corrected chi connectivity index (χ2v) is 7.02. The molecule has 0 atom stereocenters. The first-order chi connectivity index (χ1) is 15.0. The quantitative estimate of drug-likeness (QED) is 0.460. The Balaban J connectivity index is 1.40. The minimum Gasteiger partial charge on any atom is -0.493 e. The van der Waals surface area contributed by atoms with Gasteiger partial charge in [-0.3, -0.25) is 9.59 Å². The highest BCUT2D eigenvalue weighted by molar-refractivity contribution is 5.97. The summed E-state index contributed by atoms with van der Waals surface area (Å²) in [7, 11) is 3.01. The van der Waals surface area contributed by atoms with Crippen molar-refractivity contribution < 1.29 is 23.9 Å². The van der Waals surface area contributed by atoms with Crippen LogP contribution in [0.3, 0.4) is 0 Å². The summed E-state index contributed by atoms with van der Waals surface area (Å²) in [5.74, 6) is 0.804. The zero-order valence-electron chi connectivity index (χ0n) is 17.5. The molecule has 0 aliphatic heterocycles. The van der Waals surface area contributed by atoms with Gasteiger partial charge >= 0.3 is 6.03 Å². The van der Waals surface area contributed by atoms with Crippen molar-refractivity contribution >= 4 is 29.2 Å². The first kappa shape index (κ1) is 21.9. The Kier molecular flexibility index (Phi) is 7.31. The maximum atomic E-state index is 12.2. The van der Waals surface area contributed by atoms with Crippen LogP contribution >= 0.6 is 0 Å². The molecule has 1 fully saturated rings. The maximum absolute atomic E-state index is 12.2. The van der Waals surface area contributed by atoms with Crippen molar-refractivity contribution in [2.75, 3.05) is 37.9 Å². The van der Waals surface area contributed by atoms with Crippen LogP contribution in [0.4, 0.5) is 16.2 Å². The highest BCUT2D eigenvalue weighted by Gasteiger charge is 2.29. The number of benzene rings is 2. The number of hydrogen-bond acceptors (Lipinski definition) is 5. The first-order valence-corrected chi connectivity index (χ1v) is 9.96. The van der Waals surface area contributed by atoms with Gasteiger partial charge in [0.1, 0.15) is 0 Å². The summed E-state index contributed by atoms with van der Waals surface area (Å²) in [6.45, 7) is 0.487. The summed E-state index contributed by atoms with van der Waals surface area (Å²) in [5, 5.41) is 10.9. The number of carbonyl (C=O) groups is 3. The zero-order valence-corrected chi connectivity index (χ0v) is 17.5. The molecule has 0 radical (unpaired) electrons. The van der Waals surface area contributed by atoms with E-state index in [1.54, 1.807) is 42.5 Å². The summed E-state index contributed by atoms with van der Waals surface area (Å²) in [6.07, 6.45) is 1.87. The van der Waals surface area contributed by atoms with Gasteiger partial charge in [0.05, 0.1) is 19.9 Å². The van der Waals surface area contributed by atoms with Crippen molar-refractivity contribution in [2.45, 2.75) is 12.8 Å². The van der Waals surface area contributed by atoms with Gasteiger partial charge in [0.2, 0.25) is 5.91 Å². The van der Waals surface area contributed by atoms with Crippen molar-refractivity contribution in [3.05, 3.63) is 48.0 Å². The monoisotopic (exact) mass is 426 g/mol. The third kappa shape index (κ3) is 6.11. The van der Waals surface area contributed by atoms with E-state index in [2.05, 4.69) is 21.3 Å². The number of para-hydroxylation sites is 1. The van der Waals surface area contributed by atoms with Crippen LogP contribution in [-0.4, -0.2) is 45.2 Å². The van der Waals surface area contributed by atoms with E-state index < -0.39 is 6.03 Å². The van der Waals surface area contributed by atoms with Crippen molar-refractivity contribution in [3.63, 3.8) is 0 Å². The van der Waals surface area contributed by atoms with E-state index in [-0.39, 0.29) is 30.8 Å². The zero-order chi connectivity index (χ0) is 22.2. The Morgan fingerprint density at radius 1 is 0.903 bits per heavy atom. The molecule has 2 aromatic carbocycles. The molecule has 0 aromatic heterocycles. The predicted octanol–water partition coefficient (Wildman–Crippen LogP) is 2.60. The van der Waals surface area contributed by atoms with Crippen molar-refractivity contribution in [3.8, 4) is 11.5 Å². The lowest BCUT2D eigenvalue weighted by Gasteiger charge is -2.14. The second kappa shape index (κ2) is 10.3. The van der Waals surface area contributed by atoms with Gasteiger partial charge in [-0.2, -0.15) is 0 Å². The predicted molar refractivity (Wildman–Crippen MR) is 117 cm³/mol. The number of nitrogens with one attached hydrogen (secondary N) is 4. The van der Waals surface area contributed by atoms with Gasteiger partial charge in [0, 0.05) is 30.3 Å². The summed E-state index contributed by atoms with van der Waals surface area (Å²) in [5.41, 5.74) is 1.60. The summed E-state index contributed by atoms with van der Waals surface area (Å²) in [4.78, 5) is 36.1. The SMILES string of the molecule is COc1cccc(NC(=O)NCCNC(=O)c2ccc(NC(=O)C3CC3)cc2)c1OC. The number of urea groups is 1. The normalized spacial score (nSPS) is 12.5. The number of hydrogen-bond donors (Lipinski definition) is 4. The first-order valence-electron chi connectivity index (χ1n) is 9.96. The molecule has 0 heterocycles. The topological polar surface area (TPSA) is 118 Å². The standard InChI is InChI=1S/C22H26N4O5/c1-30-18-5-3-4-17(19(18)31-2)26-22(29)24-13-12-23-20(27)14-8-10-16(11-9-14)25-21(28)15-6-7-15/h3-5,8-11,15H,6-7,12-13H2,1-2H3,(H,23,27)(H,25,28)(H2,24,26,29). The molecule has 0 unspecified atom stereocenters. The van der Waals surface area contributed by atoms with Gasteiger partial charge in [-0.05, 0) is 49.2 Å². The molecule has 1 aliphatic carbocycles. The molecular weight excluding hydrogens is 400 g/mol. The average Bonchev–Trinajstić information content (AvgIpc) is 3.62. The molecule has 1 aliphatic rings. The number of amides is 4. The van der Waals surface area contributed by atoms with E-state index >= 15 is 0 Å². The molecule has 3 rings (SSSR count). The van der Waals surface area contributed by atoms with Crippen LogP contribution in [-0.2, 0) is 4.79 Å². The largest absolute Gasteiger partial charge is 0.493 e. The molecule has 4 amide bonds. The van der Waals surface area contributed by atoms with Crippen LogP contribution in [0, 0.1) is 5.92 Å². The highest BCUT2D eigenvalue weighted by Crippen LogP contribution is 2.34. The van der Waals surface area contributed by atoms with Crippen LogP contribution < -0.4 is 30.7 Å². The smallest absolute Gasteiger partial charge is 0.319 e. The van der Waals surface area contributed by atoms with Crippen LogP contribution in [0.25, 0.3) is 0 Å². The van der Waals surface area contributed by atoms with Gasteiger partial charge in [-0.15, -0.1) is 0 Å². The van der Waals surface area contributed by atoms with Crippen LogP contribution in [0.1, 0.15) is 23.2 Å². The van der Waals surface area contributed by atoms with E-state index in [1.807, 2.05) is 0 Å². The fourth-order valence-electron chi connectivity index (χ4n) is 2.90. The highest BCUT2D eigenvalue weighted by atomic mass is 16.5. The summed E-state index contributed by atoms with van der Waals surface area (Å²) in [6, 6.07) is 11.4. The molecule has 4 N–H and O–H groups in total. The van der Waals surface area contributed by atoms with Crippen LogP contribution in [0.2, 0.25) is 0 Å². The lowest BCUT2D eigenvalue weighted by Crippen LogP contribution is -2.36. The number of methoxy groups -OCH3 is 2. The lowest BCUT2D eigenvalue weighted by atomic mass is 10.2. The Labute approximate surface area is 180 Å². The van der Waals surface area contributed by atoms with Gasteiger partial charge in [-0.1, -0.05) is 6.07 Å². The number of carbonyl (C=O) groups excluding carboxylic acids is 3. The Morgan fingerprint density at radius 2 is 1.61 bits per heavy atom. The molecule has 9 heteroatoms. The fraction of sp³-hybridized carbons (Fsp3) is 0.318. The van der Waals surface area contributed by atoms with Gasteiger partial charge < -0.3 is 30.7 Å². The molecule has 0 saturated heterocycles. The van der Waals surface area contributed by atoms with E-state index in [9.17, 15) is 14.4 Å². The summed E-state index contributed by atoms with van der Waals surface area (Å²) >= 11 is 0. The maximum Gasteiger partial charge on any atom is 0.319 e. The van der Waals surface area contributed by atoms with Gasteiger partial charge in [0.25, 0.3) is 5.91 Å². The van der Waals surface area contributed by atoms with Crippen molar-refractivity contribution in [1.29, 1.82) is 0 Å². The summed E-state index contributed by atoms with van der Waals surface area (Å²) < 4.78 is 10.5. The van der Waals surface area contributed by atoms with E-state index in [0.717, 1.165) is 12.8 Å². The lowest BCUT2D eigenvalue weighted by molar-refractivity contribution is -0.117. The minimum atomic E-state index is -0.434. The third-order valence-electron chi connectivity index (χ3n) is 4.71.